The van der Waals surface area contributed by atoms with Crippen LogP contribution in [0.3, 0.4) is 0 Å². The van der Waals surface area contributed by atoms with Crippen LogP contribution in [-0.4, -0.2) is 56.2 Å². The molecule has 0 aromatic rings. The van der Waals surface area contributed by atoms with Crippen LogP contribution in [-0.2, 0) is 0 Å². The first kappa shape index (κ1) is 23.6. The third-order valence-corrected chi connectivity index (χ3v) is 5.14. The molecule has 0 radical (unpaired) electrons. The molecule has 24 heavy (non-hydrogen) atoms. The fourth-order valence-corrected chi connectivity index (χ4v) is 3.41. The molecule has 5 heteroatoms. The number of thioether (sulfide) groups is 1. The summed E-state index contributed by atoms with van der Waals surface area (Å²) in [7, 11) is 4.01. The van der Waals surface area contributed by atoms with Gasteiger partial charge in [-0.2, -0.15) is 11.8 Å². The quantitative estimate of drug-likeness (QED) is 0.376. The van der Waals surface area contributed by atoms with Crippen molar-refractivity contribution in [1.29, 1.82) is 0 Å². The Bertz CT molecular complexity index is 275. The zero-order chi connectivity index (χ0) is 17.9. The van der Waals surface area contributed by atoms with Gasteiger partial charge in [0.1, 0.15) is 0 Å². The lowest BCUT2D eigenvalue weighted by Crippen LogP contribution is -2.39. The van der Waals surface area contributed by atoms with Gasteiger partial charge in [0, 0.05) is 19.6 Å². The molecule has 0 unspecified atom stereocenters. The molecule has 0 spiro atoms. The molecule has 0 aliphatic heterocycles. The molecule has 0 fully saturated rings. The van der Waals surface area contributed by atoms with Crippen molar-refractivity contribution in [3.8, 4) is 0 Å². The standard InChI is InChI=1S/C19H41N3OS/c1-4-5-6-7-8-9-10-11-12-17-24-18-13-14-20-19(23)21-15-16-22(2)3/h4-18H2,1-3H3,(H2,20,21,23). The van der Waals surface area contributed by atoms with E-state index in [0.29, 0.717) is 6.54 Å². The summed E-state index contributed by atoms with van der Waals surface area (Å²) in [5.41, 5.74) is 0. The highest BCUT2D eigenvalue weighted by atomic mass is 32.2. The molecule has 0 aliphatic carbocycles. The summed E-state index contributed by atoms with van der Waals surface area (Å²) in [5.74, 6) is 2.42. The predicted molar refractivity (Wildman–Crippen MR) is 109 cm³/mol. The Labute approximate surface area is 154 Å². The highest BCUT2D eigenvalue weighted by Crippen LogP contribution is 2.12. The van der Waals surface area contributed by atoms with Crippen LogP contribution >= 0.6 is 11.8 Å². The minimum absolute atomic E-state index is 0.0409. The number of carbonyl (C=O) groups excluding carboxylic acids is 1. The number of urea groups is 1. The molecule has 2 N–H and O–H groups in total. The largest absolute Gasteiger partial charge is 0.338 e. The van der Waals surface area contributed by atoms with E-state index in [0.717, 1.165) is 25.3 Å². The minimum atomic E-state index is -0.0409. The average Bonchev–Trinajstić information content (AvgIpc) is 2.55. The molecule has 144 valence electrons. The zero-order valence-corrected chi connectivity index (χ0v) is 17.2. The summed E-state index contributed by atoms with van der Waals surface area (Å²) in [6.07, 6.45) is 13.6. The predicted octanol–water partition coefficient (Wildman–Crippen LogP) is 4.50. The lowest BCUT2D eigenvalue weighted by molar-refractivity contribution is 0.239. The molecule has 0 bridgehead atoms. The summed E-state index contributed by atoms with van der Waals surface area (Å²) >= 11 is 2.02. The molecular formula is C19H41N3OS. The number of hydrogen-bond donors (Lipinski definition) is 2. The molecule has 0 aromatic heterocycles. The van der Waals surface area contributed by atoms with Gasteiger partial charge in [-0.05, 0) is 38.4 Å². The third kappa shape index (κ3) is 19.6. The summed E-state index contributed by atoms with van der Waals surface area (Å²) in [4.78, 5) is 13.6. The van der Waals surface area contributed by atoms with Crippen LogP contribution in [0.5, 0.6) is 0 Å². The van der Waals surface area contributed by atoms with Crippen LogP contribution in [0.4, 0.5) is 4.79 Å². The topological polar surface area (TPSA) is 44.4 Å². The minimum Gasteiger partial charge on any atom is -0.338 e. The van der Waals surface area contributed by atoms with Crippen LogP contribution < -0.4 is 10.6 Å². The Hall–Kier alpha value is -0.420. The lowest BCUT2D eigenvalue weighted by Gasteiger charge is -2.11. The van der Waals surface area contributed by atoms with Crippen molar-refractivity contribution >= 4 is 17.8 Å². The Morgan fingerprint density at radius 3 is 1.96 bits per heavy atom. The van der Waals surface area contributed by atoms with Crippen LogP contribution in [0, 0.1) is 0 Å². The van der Waals surface area contributed by atoms with Crippen molar-refractivity contribution < 1.29 is 4.79 Å². The van der Waals surface area contributed by atoms with E-state index in [4.69, 9.17) is 0 Å². The van der Waals surface area contributed by atoms with Crippen LogP contribution in [0.2, 0.25) is 0 Å². The number of nitrogens with one attached hydrogen (secondary N) is 2. The fourth-order valence-electron chi connectivity index (χ4n) is 2.45. The van der Waals surface area contributed by atoms with Gasteiger partial charge in [-0.3, -0.25) is 0 Å². The highest BCUT2D eigenvalue weighted by Gasteiger charge is 1.99. The summed E-state index contributed by atoms with van der Waals surface area (Å²) < 4.78 is 0. The lowest BCUT2D eigenvalue weighted by atomic mass is 10.1. The van der Waals surface area contributed by atoms with Gasteiger partial charge < -0.3 is 15.5 Å². The van der Waals surface area contributed by atoms with Gasteiger partial charge in [-0.25, -0.2) is 4.79 Å². The number of nitrogens with zero attached hydrogens (tertiary/aromatic N) is 1. The zero-order valence-electron chi connectivity index (χ0n) is 16.4. The summed E-state index contributed by atoms with van der Waals surface area (Å²) in [5, 5.41) is 5.78. The molecular weight excluding hydrogens is 318 g/mol. The van der Waals surface area contributed by atoms with Crippen molar-refractivity contribution in [2.45, 2.75) is 71.1 Å². The van der Waals surface area contributed by atoms with Gasteiger partial charge in [0.05, 0.1) is 0 Å². The fraction of sp³-hybridized carbons (Fsp3) is 0.947. The van der Waals surface area contributed by atoms with Gasteiger partial charge in [0.25, 0.3) is 0 Å². The second kappa shape index (κ2) is 18.9. The first-order valence-corrected chi connectivity index (χ1v) is 11.1. The molecule has 0 rings (SSSR count). The van der Waals surface area contributed by atoms with Crippen molar-refractivity contribution in [2.75, 3.05) is 45.2 Å². The Kier molecular flexibility index (Phi) is 18.6. The van der Waals surface area contributed by atoms with Gasteiger partial charge in [-0.15, -0.1) is 0 Å². The molecule has 0 heterocycles. The van der Waals surface area contributed by atoms with E-state index in [1.165, 1.54) is 63.5 Å². The molecule has 0 aromatic carbocycles. The number of hydrogen-bond acceptors (Lipinski definition) is 3. The number of amides is 2. The van der Waals surface area contributed by atoms with E-state index >= 15 is 0 Å². The maximum absolute atomic E-state index is 11.5. The Morgan fingerprint density at radius 1 is 0.792 bits per heavy atom. The van der Waals surface area contributed by atoms with Gasteiger partial charge >= 0.3 is 6.03 Å². The molecule has 4 nitrogen and oxygen atoms in total. The Balaban J connectivity index is 3.10. The number of likely N-dealkylation sites (N-methyl/N-ethyl adjacent to an activating group) is 1. The monoisotopic (exact) mass is 359 g/mol. The molecule has 0 saturated heterocycles. The molecule has 0 aliphatic rings. The van der Waals surface area contributed by atoms with E-state index in [1.54, 1.807) is 0 Å². The SMILES string of the molecule is CCCCCCCCCCCSCCCNC(=O)NCCN(C)C. The van der Waals surface area contributed by atoms with Crippen molar-refractivity contribution in [3.63, 3.8) is 0 Å². The van der Waals surface area contributed by atoms with Crippen molar-refractivity contribution in [2.24, 2.45) is 0 Å². The first-order valence-electron chi connectivity index (χ1n) is 9.91. The molecule has 0 saturated carbocycles. The van der Waals surface area contributed by atoms with E-state index in [9.17, 15) is 4.79 Å². The van der Waals surface area contributed by atoms with Crippen molar-refractivity contribution in [3.05, 3.63) is 0 Å². The third-order valence-electron chi connectivity index (χ3n) is 3.99. The van der Waals surface area contributed by atoms with Crippen LogP contribution in [0.15, 0.2) is 0 Å². The number of unbranched alkanes of at least 4 members (excludes halogenated alkanes) is 8. The first-order chi connectivity index (χ1) is 11.7. The maximum Gasteiger partial charge on any atom is 0.314 e. The normalized spacial score (nSPS) is 11.0. The van der Waals surface area contributed by atoms with Gasteiger partial charge in [0.15, 0.2) is 0 Å². The van der Waals surface area contributed by atoms with E-state index in [1.807, 2.05) is 25.9 Å². The van der Waals surface area contributed by atoms with Crippen molar-refractivity contribution in [1.82, 2.24) is 15.5 Å². The van der Waals surface area contributed by atoms with E-state index < -0.39 is 0 Å². The number of carbonyl (C=O) groups is 1. The second-order valence-electron chi connectivity index (χ2n) is 6.78. The summed E-state index contributed by atoms with van der Waals surface area (Å²) in [6, 6.07) is -0.0409. The summed E-state index contributed by atoms with van der Waals surface area (Å²) in [6.45, 7) is 4.63. The number of rotatable bonds is 17. The average molecular weight is 360 g/mol. The highest BCUT2D eigenvalue weighted by molar-refractivity contribution is 7.99. The van der Waals surface area contributed by atoms with E-state index in [-0.39, 0.29) is 6.03 Å². The van der Waals surface area contributed by atoms with Crippen LogP contribution in [0.1, 0.15) is 71.1 Å². The van der Waals surface area contributed by atoms with Gasteiger partial charge in [-0.1, -0.05) is 58.3 Å². The smallest absolute Gasteiger partial charge is 0.314 e. The Morgan fingerprint density at radius 2 is 1.33 bits per heavy atom. The molecule has 0 atom stereocenters. The second-order valence-corrected chi connectivity index (χ2v) is 8.01. The molecule has 2 amide bonds. The van der Waals surface area contributed by atoms with Crippen LogP contribution in [0.25, 0.3) is 0 Å². The van der Waals surface area contributed by atoms with E-state index in [2.05, 4.69) is 22.5 Å². The van der Waals surface area contributed by atoms with Gasteiger partial charge in [0.2, 0.25) is 0 Å². The maximum atomic E-state index is 11.5.